The largest absolute Gasteiger partial charge is 0.342 e. The monoisotopic (exact) mass is 284 g/mol. The number of aromatic nitrogens is 1. The summed E-state index contributed by atoms with van der Waals surface area (Å²) in [7, 11) is -1.22. The smallest absolute Gasteiger partial charge is 0.0776 e. The molecule has 2 nitrogen and oxygen atoms in total. The molecule has 0 saturated carbocycles. The van der Waals surface area contributed by atoms with Gasteiger partial charge in [-0.2, -0.15) is 0 Å². The molecule has 0 saturated heterocycles. The molecule has 20 heavy (non-hydrogen) atoms. The average Bonchev–Trinajstić information content (AvgIpc) is 2.75. The van der Waals surface area contributed by atoms with Crippen LogP contribution in [0, 0.1) is 0 Å². The van der Waals surface area contributed by atoms with Gasteiger partial charge in [-0.1, -0.05) is 37.0 Å². The van der Waals surface area contributed by atoms with Crippen LogP contribution in [0.25, 0.3) is 10.9 Å². The molecule has 0 bridgehead atoms. The van der Waals surface area contributed by atoms with Gasteiger partial charge < -0.3 is 9.88 Å². The Balaban J connectivity index is 2.01. The Bertz CT molecular complexity index is 676. The van der Waals surface area contributed by atoms with E-state index in [9.17, 15) is 0 Å². The Morgan fingerprint density at radius 3 is 2.90 bits per heavy atom. The maximum Gasteiger partial charge on any atom is 0.0776 e. The zero-order valence-electron chi connectivity index (χ0n) is 12.8. The molecule has 1 aliphatic heterocycles. The lowest BCUT2D eigenvalue weighted by molar-refractivity contribution is 0.384. The van der Waals surface area contributed by atoms with Crippen molar-refractivity contribution in [3.8, 4) is 0 Å². The summed E-state index contributed by atoms with van der Waals surface area (Å²) in [6.45, 7) is 9.59. The summed E-state index contributed by atoms with van der Waals surface area (Å²) in [6, 6.07) is 7.91. The fourth-order valence-corrected chi connectivity index (χ4v) is 5.14. The molecule has 0 radical (unpaired) electrons. The number of benzene rings is 1. The van der Waals surface area contributed by atoms with Crippen molar-refractivity contribution in [2.75, 3.05) is 6.54 Å². The predicted octanol–water partition coefficient (Wildman–Crippen LogP) is 3.17. The molecule has 0 amide bonds. The maximum atomic E-state index is 3.71. The summed E-state index contributed by atoms with van der Waals surface area (Å²) in [5, 5.41) is 6.86. The van der Waals surface area contributed by atoms with Crippen molar-refractivity contribution in [2.24, 2.45) is 0 Å². The van der Waals surface area contributed by atoms with E-state index in [1.54, 1.807) is 21.8 Å². The van der Waals surface area contributed by atoms with Crippen molar-refractivity contribution in [3.63, 3.8) is 0 Å². The van der Waals surface area contributed by atoms with E-state index in [1.807, 2.05) is 0 Å². The molecule has 2 aliphatic rings. The third kappa shape index (κ3) is 1.73. The molecule has 1 aliphatic carbocycles. The summed E-state index contributed by atoms with van der Waals surface area (Å²) in [4.78, 5) is 0. The lowest BCUT2D eigenvalue weighted by Crippen LogP contribution is -2.37. The van der Waals surface area contributed by atoms with Crippen LogP contribution in [0.5, 0.6) is 0 Å². The van der Waals surface area contributed by atoms with Gasteiger partial charge in [-0.25, -0.2) is 0 Å². The van der Waals surface area contributed by atoms with Crippen molar-refractivity contribution in [3.05, 3.63) is 29.5 Å². The molecule has 0 fully saturated rings. The van der Waals surface area contributed by atoms with E-state index in [0.717, 1.165) is 13.1 Å². The lowest BCUT2D eigenvalue weighted by Gasteiger charge is -2.31. The summed E-state index contributed by atoms with van der Waals surface area (Å²) < 4.78 is 2.60. The standard InChI is InChI=1S/C17H24N2Si/c1-20(2,3)12-7-8-16-14(11-12)13-5-4-6-15-17(13)19(16)10-9-18-15/h7-8,11,15,18H,4-6,9-10H2,1-3H3. The van der Waals surface area contributed by atoms with Gasteiger partial charge in [0.15, 0.2) is 0 Å². The van der Waals surface area contributed by atoms with Crippen LogP contribution in [0.1, 0.15) is 30.1 Å². The molecule has 0 spiro atoms. The van der Waals surface area contributed by atoms with E-state index >= 15 is 0 Å². The topological polar surface area (TPSA) is 17.0 Å². The highest BCUT2D eigenvalue weighted by atomic mass is 28.3. The number of hydrogen-bond donors (Lipinski definition) is 1. The van der Waals surface area contributed by atoms with Gasteiger partial charge in [-0.05, 0) is 30.9 Å². The molecule has 1 atom stereocenters. The van der Waals surface area contributed by atoms with E-state index < -0.39 is 8.07 Å². The molecule has 106 valence electrons. The van der Waals surface area contributed by atoms with Crippen LogP contribution < -0.4 is 10.5 Å². The van der Waals surface area contributed by atoms with Crippen LogP contribution in [0.3, 0.4) is 0 Å². The summed E-state index contributed by atoms with van der Waals surface area (Å²) in [6.07, 6.45) is 3.91. The Kier molecular flexibility index (Phi) is 2.67. The molecule has 2 heterocycles. The van der Waals surface area contributed by atoms with E-state index in [4.69, 9.17) is 0 Å². The van der Waals surface area contributed by atoms with Gasteiger partial charge in [0.25, 0.3) is 0 Å². The lowest BCUT2D eigenvalue weighted by atomic mass is 9.91. The van der Waals surface area contributed by atoms with Crippen LogP contribution in [0.4, 0.5) is 0 Å². The molecule has 4 rings (SSSR count). The first-order valence-corrected chi connectivity index (χ1v) is 11.4. The first kappa shape index (κ1) is 12.7. The minimum Gasteiger partial charge on any atom is -0.342 e. The number of aryl methyl sites for hydroxylation is 1. The third-order valence-electron chi connectivity index (χ3n) is 5.05. The Morgan fingerprint density at radius 1 is 1.25 bits per heavy atom. The number of nitrogens with one attached hydrogen (secondary N) is 1. The second-order valence-electron chi connectivity index (χ2n) is 7.40. The zero-order chi connectivity index (χ0) is 13.9. The maximum absolute atomic E-state index is 3.71. The van der Waals surface area contributed by atoms with E-state index in [1.165, 1.54) is 24.8 Å². The molecular weight excluding hydrogens is 260 g/mol. The molecule has 1 aromatic carbocycles. The van der Waals surface area contributed by atoms with Gasteiger partial charge in [0.05, 0.1) is 8.07 Å². The molecular formula is C17H24N2Si. The molecule has 1 N–H and O–H groups in total. The van der Waals surface area contributed by atoms with Gasteiger partial charge in [0, 0.05) is 35.7 Å². The van der Waals surface area contributed by atoms with Crippen LogP contribution in [0.15, 0.2) is 18.2 Å². The number of hydrogen-bond acceptors (Lipinski definition) is 1. The van der Waals surface area contributed by atoms with Crippen molar-refractivity contribution in [1.29, 1.82) is 0 Å². The number of fused-ring (bicyclic) bond motifs is 3. The van der Waals surface area contributed by atoms with Crippen LogP contribution >= 0.6 is 0 Å². The first-order valence-electron chi connectivity index (χ1n) is 7.94. The minimum atomic E-state index is -1.22. The van der Waals surface area contributed by atoms with Crippen LogP contribution in [0.2, 0.25) is 19.6 Å². The van der Waals surface area contributed by atoms with Gasteiger partial charge in [-0.15, -0.1) is 0 Å². The summed E-state index contributed by atoms with van der Waals surface area (Å²) >= 11 is 0. The van der Waals surface area contributed by atoms with E-state index in [0.29, 0.717) is 6.04 Å². The normalized spacial score (nSPS) is 22.1. The SMILES string of the molecule is C[Si](C)(C)c1ccc2c(c1)c1c3n2CCNC3CCC1. The van der Waals surface area contributed by atoms with Crippen LogP contribution in [-0.4, -0.2) is 19.2 Å². The van der Waals surface area contributed by atoms with E-state index in [-0.39, 0.29) is 0 Å². The first-order chi connectivity index (χ1) is 9.55. The van der Waals surface area contributed by atoms with Crippen molar-refractivity contribution < 1.29 is 0 Å². The molecule has 1 aromatic heterocycles. The Hall–Kier alpha value is -1.06. The average molecular weight is 284 g/mol. The fraction of sp³-hybridized carbons (Fsp3) is 0.529. The van der Waals surface area contributed by atoms with Crippen molar-refractivity contribution in [2.45, 2.75) is 51.5 Å². The number of rotatable bonds is 1. The van der Waals surface area contributed by atoms with Gasteiger partial charge in [0.1, 0.15) is 0 Å². The molecule has 2 aromatic rings. The summed E-state index contributed by atoms with van der Waals surface area (Å²) in [5.74, 6) is 0. The Morgan fingerprint density at radius 2 is 2.10 bits per heavy atom. The van der Waals surface area contributed by atoms with Gasteiger partial charge in [-0.3, -0.25) is 0 Å². The van der Waals surface area contributed by atoms with Crippen molar-refractivity contribution in [1.82, 2.24) is 9.88 Å². The zero-order valence-corrected chi connectivity index (χ0v) is 13.8. The third-order valence-corrected chi connectivity index (χ3v) is 7.10. The van der Waals surface area contributed by atoms with Crippen molar-refractivity contribution >= 4 is 24.2 Å². The second kappa shape index (κ2) is 4.22. The highest BCUT2D eigenvalue weighted by Crippen LogP contribution is 2.38. The van der Waals surface area contributed by atoms with E-state index in [2.05, 4.69) is 47.7 Å². The molecule has 3 heteroatoms. The van der Waals surface area contributed by atoms with Gasteiger partial charge in [0.2, 0.25) is 0 Å². The highest BCUT2D eigenvalue weighted by Gasteiger charge is 2.30. The quantitative estimate of drug-likeness (QED) is 0.796. The Labute approximate surface area is 122 Å². The second-order valence-corrected chi connectivity index (χ2v) is 12.5. The minimum absolute atomic E-state index is 0.607. The highest BCUT2D eigenvalue weighted by molar-refractivity contribution is 6.88. The summed E-state index contributed by atoms with van der Waals surface area (Å²) in [5.41, 5.74) is 4.72. The number of nitrogens with zero attached hydrogens (tertiary/aromatic N) is 1. The molecule has 1 unspecified atom stereocenters. The van der Waals surface area contributed by atoms with Crippen LogP contribution in [-0.2, 0) is 13.0 Å². The fourth-order valence-electron chi connectivity index (χ4n) is 3.98. The predicted molar refractivity (Wildman–Crippen MR) is 88.6 cm³/mol. The van der Waals surface area contributed by atoms with Gasteiger partial charge >= 0.3 is 0 Å².